The average Bonchev–Trinajstić information content (AvgIpc) is 3.27. The molecular weight excluding hydrogens is 328 g/mol. The molecule has 1 aromatic carbocycles. The van der Waals surface area contributed by atoms with Crippen LogP contribution in [0, 0.1) is 0 Å². The molecule has 0 saturated heterocycles. The third kappa shape index (κ3) is 4.04. The first kappa shape index (κ1) is 15.9. The van der Waals surface area contributed by atoms with Crippen molar-refractivity contribution in [1.29, 1.82) is 0 Å². The zero-order valence-corrected chi connectivity index (χ0v) is 14.0. The molecule has 1 atom stereocenters. The van der Waals surface area contributed by atoms with Gasteiger partial charge < -0.3 is 10.0 Å². The fourth-order valence-electron chi connectivity index (χ4n) is 2.28. The largest absolute Gasteiger partial charge is 0.386 e. The molecule has 0 fully saturated rings. The minimum absolute atomic E-state index is 0.161. The van der Waals surface area contributed by atoms with E-state index >= 15 is 0 Å². The van der Waals surface area contributed by atoms with Crippen LogP contribution in [0.4, 0.5) is 0 Å². The van der Waals surface area contributed by atoms with Gasteiger partial charge in [0.25, 0.3) is 5.91 Å². The lowest BCUT2D eigenvalue weighted by Gasteiger charge is -2.24. The maximum atomic E-state index is 12.7. The second-order valence-electron chi connectivity index (χ2n) is 5.08. The van der Waals surface area contributed by atoms with Gasteiger partial charge in [0.05, 0.1) is 12.1 Å². The van der Waals surface area contributed by atoms with Crippen molar-refractivity contribution in [2.45, 2.75) is 12.6 Å². The highest BCUT2D eigenvalue weighted by Gasteiger charge is 2.22. The molecule has 23 heavy (non-hydrogen) atoms. The number of aliphatic hydroxyl groups excluding tert-OH is 1. The highest BCUT2D eigenvalue weighted by molar-refractivity contribution is 7.10. The van der Waals surface area contributed by atoms with Crippen molar-refractivity contribution < 1.29 is 9.90 Å². The summed E-state index contributed by atoms with van der Waals surface area (Å²) in [6, 6.07) is 13.5. The van der Waals surface area contributed by atoms with Crippen molar-refractivity contribution in [3.05, 3.63) is 74.9 Å². The Morgan fingerprint density at radius 2 is 2.04 bits per heavy atom. The molecule has 118 valence electrons. The smallest absolute Gasteiger partial charge is 0.273 e. The van der Waals surface area contributed by atoms with E-state index in [2.05, 4.69) is 4.98 Å². The third-order valence-electron chi connectivity index (χ3n) is 3.42. The van der Waals surface area contributed by atoms with Gasteiger partial charge in [0.1, 0.15) is 11.8 Å². The van der Waals surface area contributed by atoms with Crippen molar-refractivity contribution in [3.8, 4) is 0 Å². The van der Waals surface area contributed by atoms with Crippen molar-refractivity contribution in [3.63, 3.8) is 0 Å². The third-order valence-corrected chi connectivity index (χ3v) is 4.98. The van der Waals surface area contributed by atoms with E-state index in [1.54, 1.807) is 15.8 Å². The number of nitrogens with zero attached hydrogens (tertiary/aromatic N) is 2. The number of carbonyl (C=O) groups excluding carboxylic acids is 1. The van der Waals surface area contributed by atoms with E-state index in [-0.39, 0.29) is 12.5 Å². The number of aromatic nitrogens is 1. The number of benzene rings is 1. The van der Waals surface area contributed by atoms with E-state index in [4.69, 9.17) is 0 Å². The molecule has 1 amide bonds. The van der Waals surface area contributed by atoms with Gasteiger partial charge in [0.15, 0.2) is 0 Å². The van der Waals surface area contributed by atoms with Crippen molar-refractivity contribution in [2.24, 2.45) is 0 Å². The first-order chi connectivity index (χ1) is 11.2. The standard InChI is InChI=1S/C17H16N2O2S2/c20-15(16-7-4-8-23-16)10-19(9-13-5-2-1-3-6-13)17(21)14-11-22-12-18-14/h1-8,11-12,15,20H,9-10H2. The Kier molecular flexibility index (Phi) is 5.17. The van der Waals surface area contributed by atoms with E-state index in [1.165, 1.54) is 22.7 Å². The minimum atomic E-state index is -0.693. The Hall–Kier alpha value is -2.02. The summed E-state index contributed by atoms with van der Waals surface area (Å²) < 4.78 is 0. The van der Waals surface area contributed by atoms with E-state index < -0.39 is 6.10 Å². The molecule has 0 radical (unpaired) electrons. The van der Waals surface area contributed by atoms with Gasteiger partial charge in [-0.3, -0.25) is 4.79 Å². The quantitative estimate of drug-likeness (QED) is 0.743. The molecule has 0 aliphatic heterocycles. The van der Waals surface area contributed by atoms with E-state index in [9.17, 15) is 9.90 Å². The van der Waals surface area contributed by atoms with Crippen molar-refractivity contribution in [2.75, 3.05) is 6.54 Å². The van der Waals surface area contributed by atoms with Crippen LogP contribution in [-0.4, -0.2) is 27.4 Å². The number of rotatable bonds is 6. The molecule has 0 aliphatic rings. The number of hydrogen-bond acceptors (Lipinski definition) is 5. The number of amides is 1. The zero-order chi connectivity index (χ0) is 16.1. The van der Waals surface area contributed by atoms with Crippen LogP contribution in [0.2, 0.25) is 0 Å². The van der Waals surface area contributed by atoms with E-state index in [1.807, 2.05) is 47.8 Å². The molecule has 1 unspecified atom stereocenters. The lowest BCUT2D eigenvalue weighted by molar-refractivity contribution is 0.0604. The summed E-state index contributed by atoms with van der Waals surface area (Å²) in [7, 11) is 0. The van der Waals surface area contributed by atoms with Gasteiger partial charge in [-0.05, 0) is 17.0 Å². The summed E-state index contributed by atoms with van der Waals surface area (Å²) in [5.74, 6) is -0.161. The van der Waals surface area contributed by atoms with Crippen molar-refractivity contribution in [1.82, 2.24) is 9.88 Å². The molecule has 2 aromatic heterocycles. The van der Waals surface area contributed by atoms with Crippen LogP contribution in [0.25, 0.3) is 0 Å². The highest BCUT2D eigenvalue weighted by Crippen LogP contribution is 2.21. The van der Waals surface area contributed by atoms with E-state index in [0.29, 0.717) is 12.2 Å². The van der Waals surface area contributed by atoms with Gasteiger partial charge >= 0.3 is 0 Å². The molecule has 0 bridgehead atoms. The number of thiophene rings is 1. The predicted molar refractivity (Wildman–Crippen MR) is 92.6 cm³/mol. The number of hydrogen-bond donors (Lipinski definition) is 1. The van der Waals surface area contributed by atoms with Crippen molar-refractivity contribution >= 4 is 28.6 Å². The maximum absolute atomic E-state index is 12.7. The average molecular weight is 344 g/mol. The Balaban J connectivity index is 1.79. The fraction of sp³-hybridized carbons (Fsp3) is 0.176. The molecule has 4 nitrogen and oxygen atoms in total. The van der Waals surface area contributed by atoms with Gasteiger partial charge in [-0.25, -0.2) is 4.98 Å². The summed E-state index contributed by atoms with van der Waals surface area (Å²) in [6.45, 7) is 0.686. The van der Waals surface area contributed by atoms with Crippen LogP contribution >= 0.6 is 22.7 Å². The Labute approximate surface area is 142 Å². The van der Waals surface area contributed by atoms with Crippen LogP contribution in [0.5, 0.6) is 0 Å². The zero-order valence-electron chi connectivity index (χ0n) is 12.3. The topological polar surface area (TPSA) is 53.4 Å². The van der Waals surface area contributed by atoms with Crippen LogP contribution in [0.15, 0.2) is 58.7 Å². The van der Waals surface area contributed by atoms with E-state index in [0.717, 1.165) is 10.4 Å². The van der Waals surface area contributed by atoms with Crippen LogP contribution in [0.1, 0.15) is 27.0 Å². The molecule has 0 saturated carbocycles. The summed E-state index contributed by atoms with van der Waals surface area (Å²) in [4.78, 5) is 19.3. The van der Waals surface area contributed by atoms with Gasteiger partial charge in [-0.15, -0.1) is 22.7 Å². The fourth-order valence-corrected chi connectivity index (χ4v) is 3.51. The van der Waals surface area contributed by atoms with Gasteiger partial charge in [0, 0.05) is 16.8 Å². The summed E-state index contributed by atoms with van der Waals surface area (Å²) in [5, 5.41) is 14.1. The second-order valence-corrected chi connectivity index (χ2v) is 6.77. The Bertz CT molecular complexity index is 727. The van der Waals surface area contributed by atoms with Crippen LogP contribution < -0.4 is 0 Å². The van der Waals surface area contributed by atoms with Gasteiger partial charge in [0.2, 0.25) is 0 Å². The maximum Gasteiger partial charge on any atom is 0.273 e. The molecule has 3 rings (SSSR count). The summed E-state index contributed by atoms with van der Waals surface area (Å²) in [6.07, 6.45) is -0.693. The highest BCUT2D eigenvalue weighted by atomic mass is 32.1. The second kappa shape index (κ2) is 7.50. The number of thiazole rings is 1. The number of carbonyl (C=O) groups is 1. The van der Waals surface area contributed by atoms with Gasteiger partial charge in [-0.2, -0.15) is 0 Å². The normalized spacial score (nSPS) is 12.0. The molecule has 3 aromatic rings. The number of aliphatic hydroxyl groups is 1. The Morgan fingerprint density at radius 3 is 2.70 bits per heavy atom. The molecule has 0 spiro atoms. The first-order valence-corrected chi connectivity index (χ1v) is 8.99. The lowest BCUT2D eigenvalue weighted by Crippen LogP contribution is -2.34. The molecule has 2 heterocycles. The minimum Gasteiger partial charge on any atom is -0.386 e. The molecular formula is C17H16N2O2S2. The molecule has 1 N–H and O–H groups in total. The summed E-state index contributed by atoms with van der Waals surface area (Å²) in [5.41, 5.74) is 3.09. The summed E-state index contributed by atoms with van der Waals surface area (Å²) >= 11 is 2.88. The molecule has 0 aliphatic carbocycles. The SMILES string of the molecule is O=C(c1cscn1)N(Cc1ccccc1)CC(O)c1cccs1. The van der Waals surface area contributed by atoms with Crippen LogP contribution in [0.3, 0.4) is 0 Å². The first-order valence-electron chi connectivity index (χ1n) is 7.17. The molecule has 6 heteroatoms. The van der Waals surface area contributed by atoms with Gasteiger partial charge in [-0.1, -0.05) is 36.4 Å². The lowest BCUT2D eigenvalue weighted by atomic mass is 10.2. The Morgan fingerprint density at radius 1 is 1.22 bits per heavy atom. The van der Waals surface area contributed by atoms with Crippen LogP contribution in [-0.2, 0) is 6.54 Å². The monoisotopic (exact) mass is 344 g/mol. The predicted octanol–water partition coefficient (Wildman–Crippen LogP) is 3.58.